The molecule has 144 valence electrons. The third kappa shape index (κ3) is 4.67. The summed E-state index contributed by atoms with van der Waals surface area (Å²) in [6, 6.07) is 11.5. The van der Waals surface area contributed by atoms with Crippen molar-refractivity contribution in [3.05, 3.63) is 42.0 Å². The highest BCUT2D eigenvalue weighted by atomic mass is 16.6. The number of hydrogen-bond acceptors (Lipinski definition) is 4. The van der Waals surface area contributed by atoms with Gasteiger partial charge in [0.1, 0.15) is 5.82 Å². The van der Waals surface area contributed by atoms with E-state index in [1.165, 1.54) is 5.56 Å². The standard InChI is InChI=1S/C20H22N2O3.C2H6/c1-12-6-8-14-15(10-12)22-18(21-14)13-7-9-16(17(11-13)24-5)25-19(23)20(2,3)4;1-2/h6-11H,1-5H3,(H,21,22);1-2H3. The minimum atomic E-state index is -0.583. The van der Waals surface area contributed by atoms with Gasteiger partial charge in [-0.3, -0.25) is 4.79 Å². The minimum Gasteiger partial charge on any atom is -0.493 e. The average molecular weight is 368 g/mol. The molecule has 0 aliphatic rings. The molecule has 27 heavy (non-hydrogen) atoms. The maximum atomic E-state index is 12.1. The van der Waals surface area contributed by atoms with Gasteiger partial charge in [-0.2, -0.15) is 0 Å². The summed E-state index contributed by atoms with van der Waals surface area (Å²) in [6.07, 6.45) is 0. The fourth-order valence-electron chi connectivity index (χ4n) is 2.41. The molecule has 3 aromatic rings. The van der Waals surface area contributed by atoms with Gasteiger partial charge in [0.25, 0.3) is 0 Å². The molecule has 0 radical (unpaired) electrons. The van der Waals surface area contributed by atoms with E-state index in [9.17, 15) is 4.79 Å². The van der Waals surface area contributed by atoms with E-state index < -0.39 is 5.41 Å². The van der Waals surface area contributed by atoms with Gasteiger partial charge >= 0.3 is 5.97 Å². The number of benzene rings is 2. The highest BCUT2D eigenvalue weighted by molar-refractivity contribution is 5.81. The number of hydrogen-bond donors (Lipinski definition) is 1. The monoisotopic (exact) mass is 368 g/mol. The van der Waals surface area contributed by atoms with Crippen LogP contribution in [0.5, 0.6) is 11.5 Å². The lowest BCUT2D eigenvalue weighted by Crippen LogP contribution is -2.25. The smallest absolute Gasteiger partial charge is 0.316 e. The van der Waals surface area contributed by atoms with Crippen molar-refractivity contribution in [3.8, 4) is 22.9 Å². The summed E-state index contributed by atoms with van der Waals surface area (Å²) in [5, 5.41) is 0. The molecular formula is C22H28N2O3. The number of ether oxygens (including phenoxy) is 2. The molecule has 1 aromatic heterocycles. The first kappa shape index (κ1) is 20.5. The molecule has 5 heteroatoms. The van der Waals surface area contributed by atoms with Gasteiger partial charge in [0.2, 0.25) is 0 Å². The van der Waals surface area contributed by atoms with Crippen LogP contribution in [-0.2, 0) is 4.79 Å². The summed E-state index contributed by atoms with van der Waals surface area (Å²) < 4.78 is 10.9. The fourth-order valence-corrected chi connectivity index (χ4v) is 2.41. The molecule has 0 bridgehead atoms. The predicted molar refractivity (Wildman–Crippen MR) is 109 cm³/mol. The van der Waals surface area contributed by atoms with E-state index in [1.54, 1.807) is 13.2 Å². The van der Waals surface area contributed by atoms with E-state index in [2.05, 4.69) is 16.0 Å². The topological polar surface area (TPSA) is 64.2 Å². The molecular weight excluding hydrogens is 340 g/mol. The summed E-state index contributed by atoms with van der Waals surface area (Å²) in [4.78, 5) is 20.0. The molecule has 0 aliphatic heterocycles. The lowest BCUT2D eigenvalue weighted by atomic mass is 9.97. The van der Waals surface area contributed by atoms with Crippen molar-refractivity contribution in [2.75, 3.05) is 7.11 Å². The van der Waals surface area contributed by atoms with Gasteiger partial charge in [0.05, 0.1) is 23.6 Å². The molecule has 5 nitrogen and oxygen atoms in total. The van der Waals surface area contributed by atoms with Crippen LogP contribution in [0, 0.1) is 12.3 Å². The number of H-pyrrole nitrogens is 1. The van der Waals surface area contributed by atoms with Gasteiger partial charge in [-0.15, -0.1) is 0 Å². The van der Waals surface area contributed by atoms with Crippen LogP contribution >= 0.6 is 0 Å². The Hall–Kier alpha value is -2.82. The van der Waals surface area contributed by atoms with Crippen LogP contribution in [-0.4, -0.2) is 23.0 Å². The zero-order chi connectivity index (χ0) is 20.2. The van der Waals surface area contributed by atoms with Crippen LogP contribution in [0.25, 0.3) is 22.4 Å². The van der Waals surface area contributed by atoms with E-state index in [0.717, 1.165) is 22.4 Å². The van der Waals surface area contributed by atoms with Crippen LogP contribution in [0.4, 0.5) is 0 Å². The number of aromatic amines is 1. The highest BCUT2D eigenvalue weighted by Crippen LogP contribution is 2.33. The van der Waals surface area contributed by atoms with Crippen molar-refractivity contribution in [1.82, 2.24) is 9.97 Å². The molecule has 0 amide bonds. The number of aryl methyl sites for hydroxylation is 1. The van der Waals surface area contributed by atoms with E-state index >= 15 is 0 Å². The molecule has 1 heterocycles. The van der Waals surface area contributed by atoms with Gasteiger partial charge in [0, 0.05) is 5.56 Å². The van der Waals surface area contributed by atoms with Crippen LogP contribution in [0.3, 0.4) is 0 Å². The molecule has 1 N–H and O–H groups in total. The Labute approximate surface area is 160 Å². The second-order valence-corrected chi connectivity index (χ2v) is 7.11. The number of imidazole rings is 1. The van der Waals surface area contributed by atoms with E-state index in [-0.39, 0.29) is 5.97 Å². The Bertz CT molecular complexity index is 936. The third-order valence-electron chi connectivity index (χ3n) is 3.89. The molecule has 0 saturated heterocycles. The van der Waals surface area contributed by atoms with Crippen molar-refractivity contribution >= 4 is 17.0 Å². The summed E-state index contributed by atoms with van der Waals surface area (Å²) in [6.45, 7) is 11.5. The van der Waals surface area contributed by atoms with Crippen molar-refractivity contribution in [2.24, 2.45) is 5.41 Å². The van der Waals surface area contributed by atoms with E-state index in [4.69, 9.17) is 9.47 Å². The van der Waals surface area contributed by atoms with Crippen LogP contribution in [0.2, 0.25) is 0 Å². The third-order valence-corrected chi connectivity index (χ3v) is 3.89. The number of carbonyl (C=O) groups excluding carboxylic acids is 1. The summed E-state index contributed by atoms with van der Waals surface area (Å²) >= 11 is 0. The average Bonchev–Trinajstić information content (AvgIpc) is 3.06. The molecule has 2 aromatic carbocycles. The maximum absolute atomic E-state index is 12.1. The SMILES string of the molecule is CC.COc1cc(-c2nc3ccc(C)cc3[nH]2)ccc1OC(=O)C(C)(C)C. The molecule has 0 atom stereocenters. The van der Waals surface area contributed by atoms with Gasteiger partial charge in [-0.1, -0.05) is 19.9 Å². The number of aromatic nitrogens is 2. The fraction of sp³-hybridized carbons (Fsp3) is 0.364. The minimum absolute atomic E-state index is 0.308. The van der Waals surface area contributed by atoms with Crippen molar-refractivity contribution < 1.29 is 14.3 Å². The Morgan fingerprint density at radius 3 is 2.37 bits per heavy atom. The Morgan fingerprint density at radius 1 is 1.04 bits per heavy atom. The normalized spacial score (nSPS) is 10.9. The number of nitrogens with zero attached hydrogens (tertiary/aromatic N) is 1. The second-order valence-electron chi connectivity index (χ2n) is 7.11. The van der Waals surface area contributed by atoms with Crippen LogP contribution < -0.4 is 9.47 Å². The molecule has 0 unspecified atom stereocenters. The molecule has 3 rings (SSSR count). The molecule has 0 saturated carbocycles. The van der Waals surface area contributed by atoms with Gasteiger partial charge in [0.15, 0.2) is 11.5 Å². The summed E-state index contributed by atoms with van der Waals surface area (Å²) in [7, 11) is 1.55. The van der Waals surface area contributed by atoms with Gasteiger partial charge in [-0.25, -0.2) is 4.98 Å². The number of esters is 1. The van der Waals surface area contributed by atoms with Crippen molar-refractivity contribution in [3.63, 3.8) is 0 Å². The highest BCUT2D eigenvalue weighted by Gasteiger charge is 2.25. The first-order chi connectivity index (χ1) is 12.8. The predicted octanol–water partition coefficient (Wildman–Crippen LogP) is 5.52. The largest absolute Gasteiger partial charge is 0.493 e. The number of rotatable bonds is 3. The second kappa shape index (κ2) is 8.25. The Balaban J connectivity index is 0.00000126. The zero-order valence-electron chi connectivity index (χ0n) is 17.1. The number of carbonyl (C=O) groups is 1. The van der Waals surface area contributed by atoms with Crippen molar-refractivity contribution in [2.45, 2.75) is 41.5 Å². The van der Waals surface area contributed by atoms with E-state index in [1.807, 2.05) is 65.8 Å². The quantitative estimate of drug-likeness (QED) is 0.488. The summed E-state index contributed by atoms with van der Waals surface area (Å²) in [5.74, 6) is 1.33. The Kier molecular flexibility index (Phi) is 6.26. The molecule has 0 aliphatic carbocycles. The molecule has 0 spiro atoms. The van der Waals surface area contributed by atoms with Gasteiger partial charge < -0.3 is 14.5 Å². The summed E-state index contributed by atoms with van der Waals surface area (Å²) in [5.41, 5.74) is 3.34. The van der Waals surface area contributed by atoms with Crippen LogP contribution in [0.1, 0.15) is 40.2 Å². The number of nitrogens with one attached hydrogen (secondary N) is 1. The number of methoxy groups -OCH3 is 1. The first-order valence-corrected chi connectivity index (χ1v) is 9.15. The lowest BCUT2D eigenvalue weighted by molar-refractivity contribution is -0.143. The maximum Gasteiger partial charge on any atom is 0.316 e. The number of fused-ring (bicyclic) bond motifs is 1. The van der Waals surface area contributed by atoms with Gasteiger partial charge in [-0.05, 0) is 63.6 Å². The zero-order valence-corrected chi connectivity index (χ0v) is 17.1. The Morgan fingerprint density at radius 2 is 1.74 bits per heavy atom. The first-order valence-electron chi connectivity index (χ1n) is 9.15. The van der Waals surface area contributed by atoms with Crippen molar-refractivity contribution in [1.29, 1.82) is 0 Å². The van der Waals surface area contributed by atoms with E-state index in [0.29, 0.717) is 11.5 Å². The molecule has 0 fully saturated rings. The van der Waals surface area contributed by atoms with Crippen LogP contribution in [0.15, 0.2) is 36.4 Å². The lowest BCUT2D eigenvalue weighted by Gasteiger charge is -2.17.